The van der Waals surface area contributed by atoms with Crippen molar-refractivity contribution in [2.24, 2.45) is 0 Å². The Balaban J connectivity index is 2.79. The molecule has 0 N–H and O–H groups in total. The van der Waals surface area contributed by atoms with E-state index in [9.17, 15) is 4.79 Å². The van der Waals surface area contributed by atoms with Gasteiger partial charge in [-0.25, -0.2) is 4.98 Å². The number of alkyl halides is 1. The first-order valence-electron chi connectivity index (χ1n) is 5.89. The molecule has 96 valence electrons. The summed E-state index contributed by atoms with van der Waals surface area (Å²) in [5.41, 5.74) is 0.827. The van der Waals surface area contributed by atoms with Gasteiger partial charge in [-0.1, -0.05) is 13.3 Å². The minimum Gasteiger partial charge on any atom is -0.337 e. The second-order valence-corrected chi connectivity index (χ2v) is 5.56. The van der Waals surface area contributed by atoms with Crippen molar-refractivity contribution in [3.63, 3.8) is 0 Å². The van der Waals surface area contributed by atoms with Gasteiger partial charge in [0.2, 0.25) is 0 Å². The highest BCUT2D eigenvalue weighted by atomic mass is 35.5. The van der Waals surface area contributed by atoms with Crippen LogP contribution in [0.15, 0.2) is 0 Å². The molecule has 0 saturated carbocycles. The Morgan fingerprint density at radius 3 is 2.59 bits per heavy atom. The summed E-state index contributed by atoms with van der Waals surface area (Å²) in [5, 5.41) is 0.937. The first-order chi connectivity index (χ1) is 8.10. The molecular formula is C12H19ClN2OS. The van der Waals surface area contributed by atoms with E-state index < -0.39 is 0 Å². The van der Waals surface area contributed by atoms with Crippen molar-refractivity contribution >= 4 is 28.8 Å². The summed E-state index contributed by atoms with van der Waals surface area (Å²) in [5.74, 6) is 0.550. The Bertz CT molecular complexity index is 379. The first-order valence-corrected chi connectivity index (χ1v) is 7.24. The number of unbranched alkanes of at least 4 members (excludes halogenated alkanes) is 1. The van der Waals surface area contributed by atoms with Crippen LogP contribution in [0.25, 0.3) is 0 Å². The smallest absolute Gasteiger partial charge is 0.265 e. The highest BCUT2D eigenvalue weighted by Gasteiger charge is 2.19. The van der Waals surface area contributed by atoms with Crippen LogP contribution in [0.4, 0.5) is 0 Å². The van der Waals surface area contributed by atoms with Crippen LogP contribution in [-0.4, -0.2) is 34.8 Å². The van der Waals surface area contributed by atoms with Crippen molar-refractivity contribution in [2.75, 3.05) is 19.0 Å². The molecule has 1 aromatic heterocycles. The third-order valence-electron chi connectivity index (χ3n) is 2.52. The van der Waals surface area contributed by atoms with Gasteiger partial charge in [-0.05, 0) is 20.3 Å². The van der Waals surface area contributed by atoms with Crippen LogP contribution in [0.5, 0.6) is 0 Å². The van der Waals surface area contributed by atoms with Crippen molar-refractivity contribution in [1.82, 2.24) is 9.88 Å². The lowest BCUT2D eigenvalue weighted by atomic mass is 10.3. The van der Waals surface area contributed by atoms with Gasteiger partial charge >= 0.3 is 0 Å². The Labute approximate surface area is 112 Å². The van der Waals surface area contributed by atoms with E-state index in [2.05, 4.69) is 11.9 Å². The number of thiazole rings is 1. The Morgan fingerprint density at radius 2 is 2.12 bits per heavy atom. The molecule has 17 heavy (non-hydrogen) atoms. The summed E-state index contributed by atoms with van der Waals surface area (Å²) < 4.78 is 0. The van der Waals surface area contributed by atoms with Crippen molar-refractivity contribution in [1.29, 1.82) is 0 Å². The fourth-order valence-electron chi connectivity index (χ4n) is 1.64. The monoisotopic (exact) mass is 274 g/mol. The number of nitrogens with zero attached hydrogens (tertiary/aromatic N) is 2. The van der Waals surface area contributed by atoms with Crippen molar-refractivity contribution < 1.29 is 4.79 Å². The molecule has 1 amide bonds. The van der Waals surface area contributed by atoms with Gasteiger partial charge in [0.1, 0.15) is 4.88 Å². The molecule has 0 aliphatic carbocycles. The molecule has 0 aliphatic heterocycles. The minimum atomic E-state index is 0.0715. The van der Waals surface area contributed by atoms with E-state index in [1.807, 2.05) is 18.7 Å². The predicted molar refractivity (Wildman–Crippen MR) is 73.1 cm³/mol. The molecule has 0 fully saturated rings. The van der Waals surface area contributed by atoms with Gasteiger partial charge in [0.25, 0.3) is 5.91 Å². The van der Waals surface area contributed by atoms with Gasteiger partial charge in [0.05, 0.1) is 10.7 Å². The van der Waals surface area contributed by atoms with Crippen LogP contribution in [0.3, 0.4) is 0 Å². The summed E-state index contributed by atoms with van der Waals surface area (Å²) in [7, 11) is 0. The number of rotatable bonds is 6. The Hall–Kier alpha value is -0.610. The SMILES string of the molecule is CCCCN(CCCl)C(=O)c1sc(C)nc1C. The number of carbonyl (C=O) groups is 1. The molecule has 0 aliphatic rings. The number of hydrogen-bond donors (Lipinski definition) is 0. The van der Waals surface area contributed by atoms with Gasteiger partial charge in [0, 0.05) is 19.0 Å². The van der Waals surface area contributed by atoms with E-state index >= 15 is 0 Å². The molecule has 5 heteroatoms. The van der Waals surface area contributed by atoms with Gasteiger partial charge in [-0.2, -0.15) is 0 Å². The van der Waals surface area contributed by atoms with Crippen LogP contribution in [0.2, 0.25) is 0 Å². The third kappa shape index (κ3) is 3.96. The van der Waals surface area contributed by atoms with Crippen LogP contribution < -0.4 is 0 Å². The lowest BCUT2D eigenvalue weighted by molar-refractivity contribution is 0.0767. The summed E-state index contributed by atoms with van der Waals surface area (Å²) in [6, 6.07) is 0. The van der Waals surface area contributed by atoms with E-state index in [4.69, 9.17) is 11.6 Å². The van der Waals surface area contributed by atoms with Gasteiger partial charge in [-0.3, -0.25) is 4.79 Å². The van der Waals surface area contributed by atoms with Gasteiger partial charge < -0.3 is 4.90 Å². The molecule has 0 saturated heterocycles. The van der Waals surface area contributed by atoms with Crippen molar-refractivity contribution in [3.05, 3.63) is 15.6 Å². The number of aromatic nitrogens is 1. The summed E-state index contributed by atoms with van der Waals surface area (Å²) in [6.45, 7) is 7.31. The lowest BCUT2D eigenvalue weighted by Crippen LogP contribution is -2.33. The van der Waals surface area contributed by atoms with E-state index in [1.54, 1.807) is 0 Å². The molecular weight excluding hydrogens is 256 g/mol. The van der Waals surface area contributed by atoms with Crippen LogP contribution in [0, 0.1) is 13.8 Å². The highest BCUT2D eigenvalue weighted by molar-refractivity contribution is 7.13. The minimum absolute atomic E-state index is 0.0715. The fraction of sp³-hybridized carbons (Fsp3) is 0.667. The van der Waals surface area contributed by atoms with E-state index in [0.717, 1.165) is 35.0 Å². The molecule has 0 atom stereocenters. The normalized spacial score (nSPS) is 10.6. The maximum atomic E-state index is 12.3. The zero-order valence-electron chi connectivity index (χ0n) is 10.6. The van der Waals surface area contributed by atoms with Crippen LogP contribution >= 0.6 is 22.9 Å². The maximum absolute atomic E-state index is 12.3. The number of carbonyl (C=O) groups excluding carboxylic acids is 1. The number of amides is 1. The lowest BCUT2D eigenvalue weighted by Gasteiger charge is -2.20. The molecule has 3 nitrogen and oxygen atoms in total. The van der Waals surface area contributed by atoms with E-state index in [-0.39, 0.29) is 5.91 Å². The Kier molecular flexibility index (Phi) is 5.92. The quantitative estimate of drug-likeness (QED) is 0.746. The highest BCUT2D eigenvalue weighted by Crippen LogP contribution is 2.19. The predicted octanol–water partition coefficient (Wildman–Crippen LogP) is 3.24. The zero-order valence-corrected chi connectivity index (χ0v) is 12.2. The summed E-state index contributed by atoms with van der Waals surface area (Å²) >= 11 is 7.21. The molecule has 1 rings (SSSR count). The average Bonchev–Trinajstić information content (AvgIpc) is 2.63. The molecule has 0 aromatic carbocycles. The van der Waals surface area contributed by atoms with Crippen molar-refractivity contribution in [3.8, 4) is 0 Å². The number of hydrogen-bond acceptors (Lipinski definition) is 3. The second kappa shape index (κ2) is 6.97. The molecule has 0 radical (unpaired) electrons. The largest absolute Gasteiger partial charge is 0.337 e. The standard InChI is InChI=1S/C12H19ClN2OS/c1-4-5-7-15(8-6-13)12(16)11-9(2)14-10(3)17-11/h4-8H2,1-3H3. The van der Waals surface area contributed by atoms with Gasteiger partial charge in [0.15, 0.2) is 0 Å². The summed E-state index contributed by atoms with van der Waals surface area (Å²) in [4.78, 5) is 19.2. The molecule has 1 heterocycles. The van der Waals surface area contributed by atoms with E-state index in [0.29, 0.717) is 12.4 Å². The topological polar surface area (TPSA) is 33.2 Å². The van der Waals surface area contributed by atoms with Crippen molar-refractivity contribution in [2.45, 2.75) is 33.6 Å². The Morgan fingerprint density at radius 1 is 1.41 bits per heavy atom. The van der Waals surface area contributed by atoms with E-state index in [1.165, 1.54) is 11.3 Å². The average molecular weight is 275 g/mol. The molecule has 0 spiro atoms. The molecule has 0 bridgehead atoms. The third-order valence-corrected chi connectivity index (χ3v) is 3.75. The summed E-state index contributed by atoms with van der Waals surface area (Å²) in [6.07, 6.45) is 2.09. The number of halogens is 1. The van der Waals surface area contributed by atoms with Crippen LogP contribution in [0.1, 0.15) is 40.1 Å². The first kappa shape index (κ1) is 14.5. The fourth-order valence-corrected chi connectivity index (χ4v) is 2.73. The number of aryl methyl sites for hydroxylation is 2. The maximum Gasteiger partial charge on any atom is 0.265 e. The molecule has 0 unspecified atom stereocenters. The second-order valence-electron chi connectivity index (χ2n) is 3.98. The van der Waals surface area contributed by atoms with Crippen LogP contribution in [-0.2, 0) is 0 Å². The molecule has 1 aromatic rings. The zero-order chi connectivity index (χ0) is 12.8. The van der Waals surface area contributed by atoms with Gasteiger partial charge in [-0.15, -0.1) is 22.9 Å².